The number of amidine groups is 1. The summed E-state index contributed by atoms with van der Waals surface area (Å²) in [7, 11) is 1.89. The zero-order chi connectivity index (χ0) is 25.2. The van der Waals surface area contributed by atoms with Crippen LogP contribution >= 0.6 is 0 Å². The summed E-state index contributed by atoms with van der Waals surface area (Å²) in [6.45, 7) is 4.00. The summed E-state index contributed by atoms with van der Waals surface area (Å²) in [6, 6.07) is 1.53. The van der Waals surface area contributed by atoms with Gasteiger partial charge in [-0.1, -0.05) is 13.8 Å². The smallest absolute Gasteiger partial charge is 0.425 e. The normalized spacial score (nSPS) is 17.2. The number of alkyl halides is 4. The number of rotatable bonds is 4. The van der Waals surface area contributed by atoms with Crippen molar-refractivity contribution >= 4 is 17.6 Å². The van der Waals surface area contributed by atoms with Crippen molar-refractivity contribution < 1.29 is 36.2 Å². The molecule has 2 heterocycles. The minimum atomic E-state index is -4.69. The highest BCUT2D eigenvalue weighted by atomic mass is 19.4. The zero-order valence-electron chi connectivity index (χ0n) is 18.3. The van der Waals surface area contributed by atoms with E-state index in [0.29, 0.717) is 7.18 Å². The molecule has 1 aromatic heterocycles. The lowest BCUT2D eigenvalue weighted by Gasteiger charge is -2.29. The van der Waals surface area contributed by atoms with Crippen LogP contribution in [0.25, 0.3) is 0 Å². The Labute approximate surface area is 187 Å². The molecule has 0 spiro atoms. The van der Waals surface area contributed by atoms with Crippen LogP contribution in [0.3, 0.4) is 0 Å². The van der Waals surface area contributed by atoms with Crippen molar-refractivity contribution in [1.82, 2.24) is 9.97 Å². The number of aromatic nitrogens is 2. The number of amides is 1. The molecule has 3 rings (SSSR count). The van der Waals surface area contributed by atoms with Crippen LogP contribution in [0, 0.1) is 5.82 Å². The number of aliphatic imine (C=N–C) groups is 1. The summed E-state index contributed by atoms with van der Waals surface area (Å²) in [5, 5.41) is 2.47. The molecular formula is C20H24F5N5O3. The second kappa shape index (κ2) is 12.5. The lowest BCUT2D eigenvalue weighted by atomic mass is 9.98. The Morgan fingerprint density at radius 2 is 1.88 bits per heavy atom. The average molecular weight is 477 g/mol. The molecule has 1 aliphatic rings. The van der Waals surface area contributed by atoms with Gasteiger partial charge in [0.1, 0.15) is 11.5 Å². The number of methoxy groups -OCH3 is 1. The molecule has 0 fully saturated rings. The van der Waals surface area contributed by atoms with E-state index < -0.39 is 42.5 Å². The fraction of sp³-hybridized carbons (Fsp3) is 0.400. The van der Waals surface area contributed by atoms with Crippen LogP contribution in [0.15, 0.2) is 35.6 Å². The third-order valence-corrected chi connectivity index (χ3v) is 4.03. The molecule has 33 heavy (non-hydrogen) atoms. The van der Waals surface area contributed by atoms with E-state index in [-0.39, 0.29) is 22.8 Å². The maximum absolute atomic E-state index is 14.3. The summed E-state index contributed by atoms with van der Waals surface area (Å²) in [6.07, 6.45) is -5.13. The van der Waals surface area contributed by atoms with E-state index in [1.807, 2.05) is 13.8 Å². The SMILES string of the molecule is CC.CF.COc1cnc(C(=O)Nc2ccc(F)c(C3CC(C(F)(F)F)OC(N)=N3)c2)cn1. The number of benzene rings is 1. The molecule has 3 N–H and O–H groups in total. The van der Waals surface area contributed by atoms with E-state index in [0.717, 1.165) is 6.07 Å². The molecule has 2 aromatic rings. The average Bonchev–Trinajstić information content (AvgIpc) is 2.82. The summed E-state index contributed by atoms with van der Waals surface area (Å²) < 4.78 is 72.1. The fourth-order valence-corrected chi connectivity index (χ4v) is 2.64. The van der Waals surface area contributed by atoms with Crippen LogP contribution in [0.4, 0.5) is 27.6 Å². The van der Waals surface area contributed by atoms with Gasteiger partial charge in [0.2, 0.25) is 5.88 Å². The summed E-state index contributed by atoms with van der Waals surface area (Å²) in [4.78, 5) is 23.7. The van der Waals surface area contributed by atoms with Gasteiger partial charge in [-0.25, -0.2) is 19.4 Å². The molecule has 0 saturated heterocycles. The number of nitrogens with two attached hydrogens (primary N) is 1. The minimum Gasteiger partial charge on any atom is -0.480 e. The molecule has 0 bridgehead atoms. The largest absolute Gasteiger partial charge is 0.480 e. The van der Waals surface area contributed by atoms with Gasteiger partial charge < -0.3 is 20.5 Å². The van der Waals surface area contributed by atoms with Crippen LogP contribution < -0.4 is 15.8 Å². The molecule has 2 atom stereocenters. The van der Waals surface area contributed by atoms with Crippen LogP contribution in [0.2, 0.25) is 0 Å². The molecule has 0 aliphatic carbocycles. The van der Waals surface area contributed by atoms with E-state index in [4.69, 9.17) is 10.5 Å². The Morgan fingerprint density at radius 1 is 1.21 bits per heavy atom. The Morgan fingerprint density at radius 3 is 2.42 bits per heavy atom. The predicted molar refractivity (Wildman–Crippen MR) is 111 cm³/mol. The maximum atomic E-state index is 14.3. The van der Waals surface area contributed by atoms with Crippen molar-refractivity contribution in [2.24, 2.45) is 10.7 Å². The molecule has 1 aliphatic heterocycles. The first-order valence-electron chi connectivity index (χ1n) is 9.58. The lowest BCUT2D eigenvalue weighted by Crippen LogP contribution is -2.40. The van der Waals surface area contributed by atoms with Crippen LogP contribution in [-0.4, -0.2) is 48.5 Å². The first-order valence-corrected chi connectivity index (χ1v) is 9.58. The Balaban J connectivity index is 0.00000129. The second-order valence-electron chi connectivity index (χ2n) is 6.00. The zero-order valence-corrected chi connectivity index (χ0v) is 18.3. The number of halogens is 5. The molecular weight excluding hydrogens is 453 g/mol. The molecule has 0 saturated carbocycles. The molecule has 1 aromatic carbocycles. The van der Waals surface area contributed by atoms with Gasteiger partial charge >= 0.3 is 6.18 Å². The quantitative estimate of drug-likeness (QED) is 0.639. The standard InChI is InChI=1S/C17H15F4N5O3.C2H6.CH3F/c1-28-14-7-23-12(6-24-14)15(27)25-8-2-3-10(18)9(4-8)11-5-13(17(19,20)21)29-16(22)26-11;2*1-2/h2-4,6-7,11,13H,5H2,1H3,(H2,22,26)(H,25,27);1-2H3;1H3. The highest BCUT2D eigenvalue weighted by Crippen LogP contribution is 2.37. The van der Waals surface area contributed by atoms with E-state index in [9.17, 15) is 26.7 Å². The van der Waals surface area contributed by atoms with E-state index in [1.165, 1.54) is 31.6 Å². The highest BCUT2D eigenvalue weighted by Gasteiger charge is 2.46. The van der Waals surface area contributed by atoms with Crippen molar-refractivity contribution in [2.75, 3.05) is 19.6 Å². The minimum absolute atomic E-state index is 0.0397. The van der Waals surface area contributed by atoms with Gasteiger partial charge in [0, 0.05) is 17.7 Å². The van der Waals surface area contributed by atoms with E-state index in [2.05, 4.69) is 25.0 Å². The van der Waals surface area contributed by atoms with Gasteiger partial charge in [-0.05, 0) is 18.2 Å². The fourth-order valence-electron chi connectivity index (χ4n) is 2.64. The summed E-state index contributed by atoms with van der Waals surface area (Å²) in [5.74, 6) is -1.24. The molecule has 0 radical (unpaired) electrons. The molecule has 13 heteroatoms. The highest BCUT2D eigenvalue weighted by molar-refractivity contribution is 6.02. The van der Waals surface area contributed by atoms with Gasteiger partial charge in [-0.2, -0.15) is 13.2 Å². The van der Waals surface area contributed by atoms with Crippen molar-refractivity contribution in [2.45, 2.75) is 38.6 Å². The predicted octanol–water partition coefficient (Wildman–Crippen LogP) is 4.20. The molecule has 182 valence electrons. The number of nitrogens with zero attached hydrogens (tertiary/aromatic N) is 3. The van der Waals surface area contributed by atoms with Crippen LogP contribution in [0.5, 0.6) is 5.88 Å². The number of hydrogen-bond donors (Lipinski definition) is 2. The number of anilines is 1. The number of carbonyl (C=O) groups is 1. The molecule has 2 unspecified atom stereocenters. The van der Waals surface area contributed by atoms with Crippen molar-refractivity contribution in [3.05, 3.63) is 47.7 Å². The number of carbonyl (C=O) groups excluding carboxylic acids is 1. The van der Waals surface area contributed by atoms with Gasteiger partial charge in [-0.15, -0.1) is 0 Å². The Bertz CT molecular complexity index is 939. The Kier molecular flexibility index (Phi) is 10.4. The third-order valence-electron chi connectivity index (χ3n) is 4.03. The van der Waals surface area contributed by atoms with Crippen LogP contribution in [0.1, 0.15) is 42.4 Å². The number of ether oxygens (including phenoxy) is 2. The monoisotopic (exact) mass is 477 g/mol. The Hall–Kier alpha value is -3.51. The third kappa shape index (κ3) is 7.54. The molecule has 1 amide bonds. The lowest BCUT2D eigenvalue weighted by molar-refractivity contribution is -0.204. The van der Waals surface area contributed by atoms with Crippen molar-refractivity contribution in [3.63, 3.8) is 0 Å². The van der Waals surface area contributed by atoms with Gasteiger partial charge in [-0.3, -0.25) is 9.18 Å². The maximum Gasteiger partial charge on any atom is 0.425 e. The van der Waals surface area contributed by atoms with E-state index >= 15 is 0 Å². The van der Waals surface area contributed by atoms with Gasteiger partial charge in [0.15, 0.2) is 6.10 Å². The topological polar surface area (TPSA) is 112 Å². The van der Waals surface area contributed by atoms with Crippen molar-refractivity contribution in [3.8, 4) is 5.88 Å². The van der Waals surface area contributed by atoms with Crippen LogP contribution in [-0.2, 0) is 4.74 Å². The second-order valence-corrected chi connectivity index (χ2v) is 6.00. The van der Waals surface area contributed by atoms with E-state index in [1.54, 1.807) is 0 Å². The van der Waals surface area contributed by atoms with Gasteiger partial charge in [0.25, 0.3) is 11.9 Å². The number of nitrogens with one attached hydrogen (secondary N) is 1. The molecule has 8 nitrogen and oxygen atoms in total. The summed E-state index contributed by atoms with van der Waals surface area (Å²) >= 11 is 0. The summed E-state index contributed by atoms with van der Waals surface area (Å²) in [5.41, 5.74) is 5.26. The first-order chi connectivity index (χ1) is 15.7. The van der Waals surface area contributed by atoms with Gasteiger partial charge in [0.05, 0.1) is 32.7 Å². The van der Waals surface area contributed by atoms with Crippen molar-refractivity contribution in [1.29, 1.82) is 0 Å². The first kappa shape index (κ1) is 27.5. The number of hydrogen-bond acceptors (Lipinski definition) is 7.